The Morgan fingerprint density at radius 2 is 1.94 bits per heavy atom. The Kier molecular flexibility index (Phi) is 7.65. The molecule has 14 heteroatoms. The summed E-state index contributed by atoms with van der Waals surface area (Å²) < 4.78 is 75.8. The van der Waals surface area contributed by atoms with Crippen LogP contribution in [-0.4, -0.2) is 70.4 Å². The highest BCUT2D eigenvalue weighted by molar-refractivity contribution is 5.97. The number of nitrogens with one attached hydrogen (secondary N) is 1. The molecule has 2 aliphatic rings. The highest BCUT2D eigenvalue weighted by Gasteiger charge is 2.39. The Bertz CT molecular complexity index is 1090. The van der Waals surface area contributed by atoms with Crippen LogP contribution in [0.1, 0.15) is 28.0 Å². The Balaban J connectivity index is 0.000000429. The fourth-order valence-electron chi connectivity index (χ4n) is 3.73. The van der Waals surface area contributed by atoms with Crippen molar-refractivity contribution in [2.24, 2.45) is 0 Å². The van der Waals surface area contributed by atoms with E-state index in [9.17, 15) is 31.1 Å². The molecule has 0 bridgehead atoms. The average Bonchev–Trinajstić information content (AvgIpc) is 3.37. The van der Waals surface area contributed by atoms with Crippen LogP contribution in [0.2, 0.25) is 0 Å². The standard InChI is InChI=1S/C19H19F3N4O2.C2HF3O2/c1-28-10-14-6-15(8-23-14)26-9-12-7-24-17(25-16(12)18(26)27)11-3-2-4-13(5-11)19(20,21)22;3-2(4,5)1(6)7/h2-5,7,14-15,23H,6,8-10H2,1H3;(H,6,7)/t14-,15+;/m0./s1. The highest BCUT2D eigenvalue weighted by Crippen LogP contribution is 2.32. The van der Waals surface area contributed by atoms with Gasteiger partial charge in [0.05, 0.1) is 18.7 Å². The van der Waals surface area contributed by atoms with Crippen molar-refractivity contribution in [3.8, 4) is 11.4 Å². The molecule has 0 unspecified atom stereocenters. The van der Waals surface area contributed by atoms with Crippen LogP contribution >= 0.6 is 0 Å². The molecule has 35 heavy (non-hydrogen) atoms. The summed E-state index contributed by atoms with van der Waals surface area (Å²) in [6.07, 6.45) is -7.22. The first kappa shape index (κ1) is 26.3. The van der Waals surface area contributed by atoms with E-state index in [4.69, 9.17) is 14.6 Å². The summed E-state index contributed by atoms with van der Waals surface area (Å²) in [6, 6.07) is 5.02. The number of amides is 1. The van der Waals surface area contributed by atoms with Crippen LogP contribution < -0.4 is 5.32 Å². The van der Waals surface area contributed by atoms with E-state index in [1.54, 1.807) is 12.0 Å². The molecule has 190 valence electrons. The van der Waals surface area contributed by atoms with Crippen molar-refractivity contribution < 1.29 is 45.8 Å². The van der Waals surface area contributed by atoms with Gasteiger partial charge in [-0.1, -0.05) is 12.1 Å². The van der Waals surface area contributed by atoms with E-state index in [-0.39, 0.29) is 35.1 Å². The average molecular weight is 506 g/mol. The molecule has 0 spiro atoms. The molecule has 3 heterocycles. The summed E-state index contributed by atoms with van der Waals surface area (Å²) in [7, 11) is 1.64. The van der Waals surface area contributed by atoms with E-state index in [2.05, 4.69) is 15.3 Å². The van der Waals surface area contributed by atoms with E-state index >= 15 is 0 Å². The number of nitrogens with zero attached hydrogens (tertiary/aromatic N) is 3. The second-order valence-electron chi connectivity index (χ2n) is 7.83. The second kappa shape index (κ2) is 10.2. The monoisotopic (exact) mass is 506 g/mol. The third-order valence-electron chi connectivity index (χ3n) is 5.37. The Hall–Kier alpha value is -3.26. The number of hydrogen-bond donors (Lipinski definition) is 2. The number of ether oxygens (including phenoxy) is 1. The van der Waals surface area contributed by atoms with Gasteiger partial charge in [-0.15, -0.1) is 0 Å². The third kappa shape index (κ3) is 6.25. The second-order valence-corrected chi connectivity index (χ2v) is 7.83. The third-order valence-corrected chi connectivity index (χ3v) is 5.37. The fraction of sp³-hybridized carbons (Fsp3) is 0.429. The molecular formula is C21H20F6N4O4. The number of halogens is 6. The van der Waals surface area contributed by atoms with Crippen molar-refractivity contribution >= 4 is 11.9 Å². The van der Waals surface area contributed by atoms with Crippen molar-refractivity contribution in [3.05, 3.63) is 47.3 Å². The van der Waals surface area contributed by atoms with Crippen molar-refractivity contribution in [1.29, 1.82) is 0 Å². The molecule has 1 amide bonds. The number of aliphatic carboxylic acids is 1. The van der Waals surface area contributed by atoms with Gasteiger partial charge in [0.2, 0.25) is 0 Å². The largest absolute Gasteiger partial charge is 0.490 e. The number of carbonyl (C=O) groups is 2. The van der Waals surface area contributed by atoms with Gasteiger partial charge in [-0.05, 0) is 18.6 Å². The summed E-state index contributed by atoms with van der Waals surface area (Å²) in [5, 5.41) is 10.5. The topological polar surface area (TPSA) is 105 Å². The van der Waals surface area contributed by atoms with Crippen molar-refractivity contribution in [2.45, 2.75) is 37.4 Å². The van der Waals surface area contributed by atoms with Gasteiger partial charge in [-0.25, -0.2) is 14.8 Å². The highest BCUT2D eigenvalue weighted by atomic mass is 19.4. The molecule has 1 aromatic carbocycles. The quantitative estimate of drug-likeness (QED) is 0.614. The van der Waals surface area contributed by atoms with E-state index in [1.165, 1.54) is 18.3 Å². The van der Waals surface area contributed by atoms with Crippen LogP contribution in [0.4, 0.5) is 26.3 Å². The Morgan fingerprint density at radius 1 is 1.26 bits per heavy atom. The lowest BCUT2D eigenvalue weighted by molar-refractivity contribution is -0.192. The number of methoxy groups -OCH3 is 1. The first-order valence-electron chi connectivity index (χ1n) is 10.2. The Morgan fingerprint density at radius 3 is 2.54 bits per heavy atom. The molecule has 2 atom stereocenters. The number of rotatable bonds is 4. The number of benzene rings is 1. The van der Waals surface area contributed by atoms with Gasteiger partial charge in [-0.2, -0.15) is 26.3 Å². The van der Waals surface area contributed by atoms with Gasteiger partial charge in [0.1, 0.15) is 5.69 Å². The lowest BCUT2D eigenvalue weighted by Crippen LogP contribution is -2.37. The molecule has 8 nitrogen and oxygen atoms in total. The summed E-state index contributed by atoms with van der Waals surface area (Å²) in [6.45, 7) is 1.65. The number of fused-ring (bicyclic) bond motifs is 1. The van der Waals surface area contributed by atoms with Crippen molar-refractivity contribution in [3.63, 3.8) is 0 Å². The van der Waals surface area contributed by atoms with E-state index in [0.29, 0.717) is 25.3 Å². The van der Waals surface area contributed by atoms with Gasteiger partial charge in [0.15, 0.2) is 5.82 Å². The predicted octanol–water partition coefficient (Wildman–Crippen LogP) is 3.13. The number of carbonyl (C=O) groups excluding carboxylic acids is 1. The fourth-order valence-corrected chi connectivity index (χ4v) is 3.73. The van der Waals surface area contributed by atoms with E-state index < -0.39 is 23.9 Å². The molecule has 2 aliphatic heterocycles. The zero-order chi connectivity index (χ0) is 26.0. The molecule has 1 fully saturated rings. The molecular weight excluding hydrogens is 486 g/mol. The number of aromatic nitrogens is 2. The minimum absolute atomic E-state index is 0.0267. The van der Waals surface area contributed by atoms with Gasteiger partial charge in [-0.3, -0.25) is 4.79 Å². The molecule has 0 saturated carbocycles. The van der Waals surface area contributed by atoms with Crippen LogP contribution in [0, 0.1) is 0 Å². The number of hydrogen-bond acceptors (Lipinski definition) is 6. The SMILES string of the molecule is COC[C@@H]1C[C@@H](N2Cc3cnc(-c4cccc(C(F)(F)F)c4)nc3C2=O)CN1.O=C(O)C(F)(F)F. The molecule has 0 aliphatic carbocycles. The zero-order valence-electron chi connectivity index (χ0n) is 18.2. The van der Waals surface area contributed by atoms with Crippen LogP contribution in [0.15, 0.2) is 30.5 Å². The minimum Gasteiger partial charge on any atom is -0.475 e. The van der Waals surface area contributed by atoms with Crippen molar-refractivity contribution in [1.82, 2.24) is 20.2 Å². The summed E-state index contributed by atoms with van der Waals surface area (Å²) >= 11 is 0. The maximum atomic E-state index is 13.0. The number of carboxylic acid groups (broad SMARTS) is 1. The zero-order valence-corrected chi connectivity index (χ0v) is 18.2. The first-order valence-corrected chi connectivity index (χ1v) is 10.2. The molecule has 1 saturated heterocycles. The normalized spacial score (nSPS) is 19.9. The van der Waals surface area contributed by atoms with Crippen LogP contribution in [0.3, 0.4) is 0 Å². The van der Waals surface area contributed by atoms with E-state index in [0.717, 1.165) is 18.6 Å². The first-order chi connectivity index (χ1) is 16.3. The number of carboxylic acids is 1. The van der Waals surface area contributed by atoms with E-state index in [1.807, 2.05) is 0 Å². The summed E-state index contributed by atoms with van der Waals surface area (Å²) in [4.78, 5) is 32.0. The van der Waals surface area contributed by atoms with Gasteiger partial charge in [0, 0.05) is 43.1 Å². The lowest BCUT2D eigenvalue weighted by Gasteiger charge is -2.22. The predicted molar refractivity (Wildman–Crippen MR) is 108 cm³/mol. The Labute approximate surface area is 194 Å². The maximum Gasteiger partial charge on any atom is 0.490 e. The smallest absolute Gasteiger partial charge is 0.475 e. The minimum atomic E-state index is -5.08. The lowest BCUT2D eigenvalue weighted by atomic mass is 10.1. The van der Waals surface area contributed by atoms with Gasteiger partial charge >= 0.3 is 18.3 Å². The van der Waals surface area contributed by atoms with Crippen LogP contribution in [-0.2, 0) is 22.3 Å². The van der Waals surface area contributed by atoms with Crippen LogP contribution in [0.25, 0.3) is 11.4 Å². The summed E-state index contributed by atoms with van der Waals surface area (Å²) in [5.41, 5.74) is 0.406. The molecule has 0 radical (unpaired) electrons. The molecule has 2 N–H and O–H groups in total. The van der Waals surface area contributed by atoms with Crippen molar-refractivity contribution in [2.75, 3.05) is 20.3 Å². The van der Waals surface area contributed by atoms with Gasteiger partial charge in [0.25, 0.3) is 5.91 Å². The van der Waals surface area contributed by atoms with Gasteiger partial charge < -0.3 is 20.1 Å². The maximum absolute atomic E-state index is 13.0. The summed E-state index contributed by atoms with van der Waals surface area (Å²) in [5.74, 6) is -2.86. The van der Waals surface area contributed by atoms with Crippen LogP contribution in [0.5, 0.6) is 0 Å². The molecule has 2 aromatic rings. The molecule has 1 aromatic heterocycles. The number of alkyl halides is 6. The molecule has 4 rings (SSSR count).